The van der Waals surface area contributed by atoms with Gasteiger partial charge in [-0.25, -0.2) is 4.39 Å². The number of anilines is 2. The van der Waals surface area contributed by atoms with Crippen molar-refractivity contribution in [2.75, 3.05) is 17.7 Å². The van der Waals surface area contributed by atoms with E-state index in [1.54, 1.807) is 7.05 Å². The minimum absolute atomic E-state index is 0.0190. The summed E-state index contributed by atoms with van der Waals surface area (Å²) in [5, 5.41) is 7.11. The Bertz CT molecular complexity index is 961. The number of esters is 1. The average Bonchev–Trinajstić information content (AvgIpc) is 3.19. The monoisotopic (exact) mass is 406 g/mol. The van der Waals surface area contributed by atoms with Gasteiger partial charge in [-0.05, 0) is 42.9 Å². The molecule has 1 aromatic heterocycles. The number of carbonyl (C=O) groups excluding carboxylic acids is 2. The van der Waals surface area contributed by atoms with Gasteiger partial charge in [-0.3, -0.25) is 14.3 Å². The van der Waals surface area contributed by atoms with Crippen molar-refractivity contribution in [3.63, 3.8) is 0 Å². The number of aromatic nitrogens is 2. The molecular weight excluding hydrogens is 387 g/mol. The highest BCUT2D eigenvalue weighted by molar-refractivity contribution is 6.31. The van der Waals surface area contributed by atoms with Gasteiger partial charge in [0.1, 0.15) is 17.2 Å². The lowest BCUT2D eigenvalue weighted by atomic mass is 9.92. The van der Waals surface area contributed by atoms with Gasteiger partial charge in [-0.2, -0.15) is 5.10 Å². The zero-order valence-electron chi connectivity index (χ0n) is 15.2. The number of hydrogen-bond donors (Lipinski definition) is 2. The first-order valence-electron chi connectivity index (χ1n) is 9.08. The first-order chi connectivity index (χ1) is 13.3. The van der Waals surface area contributed by atoms with Gasteiger partial charge in [0, 0.05) is 25.1 Å². The Labute approximate surface area is 166 Å². The second-order valence-corrected chi connectivity index (χ2v) is 7.83. The van der Waals surface area contributed by atoms with Crippen molar-refractivity contribution in [2.24, 2.45) is 18.9 Å². The molecule has 3 N–H and O–H groups in total. The number of nitrogen functional groups attached to an aromatic ring is 1. The molecular formula is C19H20ClFN4O3. The van der Waals surface area contributed by atoms with Crippen LogP contribution in [-0.4, -0.2) is 28.3 Å². The number of carbonyl (C=O) groups is 2. The minimum Gasteiger partial charge on any atom is -0.465 e. The van der Waals surface area contributed by atoms with Crippen LogP contribution in [0.1, 0.15) is 41.2 Å². The summed E-state index contributed by atoms with van der Waals surface area (Å²) in [6, 6.07) is 3.96. The number of benzene rings is 1. The zero-order valence-corrected chi connectivity index (χ0v) is 16.0. The zero-order chi connectivity index (χ0) is 20.0. The van der Waals surface area contributed by atoms with Crippen LogP contribution in [-0.2, 0) is 16.6 Å². The fraction of sp³-hybridized carbons (Fsp3) is 0.421. The van der Waals surface area contributed by atoms with Crippen LogP contribution in [0.15, 0.2) is 18.2 Å². The average molecular weight is 407 g/mol. The third kappa shape index (κ3) is 3.32. The number of hydrogen-bond acceptors (Lipinski definition) is 5. The highest BCUT2D eigenvalue weighted by Crippen LogP contribution is 2.47. The van der Waals surface area contributed by atoms with Crippen LogP contribution in [0, 0.1) is 17.7 Å². The molecule has 1 aliphatic heterocycles. The number of rotatable bonds is 3. The maximum Gasteiger partial charge on any atom is 0.306 e. The molecule has 1 aromatic carbocycles. The van der Waals surface area contributed by atoms with Crippen LogP contribution in [0.5, 0.6) is 0 Å². The van der Waals surface area contributed by atoms with Crippen LogP contribution >= 0.6 is 11.6 Å². The topological polar surface area (TPSA) is 99.2 Å². The van der Waals surface area contributed by atoms with E-state index >= 15 is 0 Å². The molecule has 1 saturated carbocycles. The van der Waals surface area contributed by atoms with E-state index in [1.165, 1.54) is 22.9 Å². The van der Waals surface area contributed by atoms with E-state index in [0.29, 0.717) is 30.0 Å². The SMILES string of the molecule is Cn1nc([C@@H]2CC3COC(=O)C[C@@H]3C2)c(C(=O)Nc2ccc(F)c(Cl)c2)c1N. The van der Waals surface area contributed by atoms with Crippen molar-refractivity contribution in [1.82, 2.24) is 9.78 Å². The number of aryl methyl sites for hydroxylation is 1. The second kappa shape index (κ2) is 7.09. The van der Waals surface area contributed by atoms with Crippen LogP contribution in [0.4, 0.5) is 15.9 Å². The summed E-state index contributed by atoms with van der Waals surface area (Å²) in [7, 11) is 1.68. The molecule has 1 amide bonds. The molecule has 2 fully saturated rings. The van der Waals surface area contributed by atoms with Crippen molar-refractivity contribution < 1.29 is 18.7 Å². The summed E-state index contributed by atoms with van der Waals surface area (Å²) in [5.41, 5.74) is 7.41. The highest BCUT2D eigenvalue weighted by Gasteiger charge is 2.42. The van der Waals surface area contributed by atoms with Gasteiger partial charge in [0.15, 0.2) is 0 Å². The van der Waals surface area contributed by atoms with Gasteiger partial charge in [0.05, 0.1) is 17.3 Å². The van der Waals surface area contributed by atoms with E-state index < -0.39 is 11.7 Å². The third-order valence-electron chi connectivity index (χ3n) is 5.64. The summed E-state index contributed by atoms with van der Waals surface area (Å²) in [6.45, 7) is 0.415. The number of amides is 1. The Balaban J connectivity index is 1.60. The Hall–Kier alpha value is -2.61. The molecule has 148 valence electrons. The van der Waals surface area contributed by atoms with Crippen LogP contribution in [0.3, 0.4) is 0 Å². The van der Waals surface area contributed by atoms with Crippen molar-refractivity contribution in [3.05, 3.63) is 40.3 Å². The Morgan fingerprint density at radius 3 is 2.89 bits per heavy atom. The summed E-state index contributed by atoms with van der Waals surface area (Å²) in [4.78, 5) is 24.5. The maximum atomic E-state index is 13.4. The van der Waals surface area contributed by atoms with Gasteiger partial charge >= 0.3 is 5.97 Å². The normalized spacial score (nSPS) is 24.0. The standard InChI is InChI=1S/C19H20ClFN4O3/c1-25-18(22)16(19(27)23-12-2-3-14(21)13(20)7-12)17(24-25)10-4-9-6-15(26)28-8-11(9)5-10/h2-3,7,9-11H,4-6,8,22H2,1H3,(H,23,27)/t9-,10-,11?/m0/s1. The molecule has 3 atom stereocenters. The smallest absolute Gasteiger partial charge is 0.306 e. The number of nitrogens with one attached hydrogen (secondary N) is 1. The highest BCUT2D eigenvalue weighted by atomic mass is 35.5. The first-order valence-corrected chi connectivity index (χ1v) is 9.45. The minimum atomic E-state index is -0.563. The molecule has 1 aliphatic carbocycles. The number of ether oxygens (including phenoxy) is 1. The van der Waals surface area contributed by atoms with Gasteiger partial charge in [-0.15, -0.1) is 0 Å². The van der Waals surface area contributed by atoms with Crippen molar-refractivity contribution in [1.29, 1.82) is 0 Å². The molecule has 7 nitrogen and oxygen atoms in total. The van der Waals surface area contributed by atoms with E-state index in [0.717, 1.165) is 12.8 Å². The number of halogens is 2. The molecule has 0 bridgehead atoms. The van der Waals surface area contributed by atoms with E-state index in [9.17, 15) is 14.0 Å². The van der Waals surface area contributed by atoms with Crippen molar-refractivity contribution in [2.45, 2.75) is 25.2 Å². The largest absolute Gasteiger partial charge is 0.465 e. The molecule has 0 spiro atoms. The summed E-state index contributed by atoms with van der Waals surface area (Å²) >= 11 is 5.79. The fourth-order valence-electron chi connectivity index (χ4n) is 4.21. The molecule has 0 radical (unpaired) electrons. The summed E-state index contributed by atoms with van der Waals surface area (Å²) < 4.78 is 20.0. The lowest BCUT2D eigenvalue weighted by molar-refractivity contribution is -0.151. The van der Waals surface area contributed by atoms with Crippen LogP contribution in [0.2, 0.25) is 5.02 Å². The lowest BCUT2D eigenvalue weighted by Gasteiger charge is -2.23. The van der Waals surface area contributed by atoms with Crippen molar-refractivity contribution in [3.8, 4) is 0 Å². The maximum absolute atomic E-state index is 13.4. The summed E-state index contributed by atoms with van der Waals surface area (Å²) in [5.74, 6) is -0.377. The molecule has 2 heterocycles. The van der Waals surface area contributed by atoms with Crippen LogP contribution in [0.25, 0.3) is 0 Å². The molecule has 1 unspecified atom stereocenters. The third-order valence-corrected chi connectivity index (χ3v) is 5.93. The van der Waals surface area contributed by atoms with E-state index in [-0.39, 0.29) is 34.6 Å². The number of fused-ring (bicyclic) bond motifs is 1. The van der Waals surface area contributed by atoms with E-state index in [4.69, 9.17) is 22.1 Å². The predicted molar refractivity (Wildman–Crippen MR) is 102 cm³/mol. The second-order valence-electron chi connectivity index (χ2n) is 7.43. The molecule has 28 heavy (non-hydrogen) atoms. The Kier molecular flexibility index (Phi) is 4.74. The van der Waals surface area contributed by atoms with Gasteiger partial charge in [-0.1, -0.05) is 11.6 Å². The number of cyclic esters (lactones) is 1. The number of nitrogens with two attached hydrogens (primary N) is 1. The molecule has 2 aromatic rings. The molecule has 9 heteroatoms. The van der Waals surface area contributed by atoms with E-state index in [1.807, 2.05) is 0 Å². The Morgan fingerprint density at radius 1 is 1.39 bits per heavy atom. The lowest BCUT2D eigenvalue weighted by Crippen LogP contribution is -2.26. The fourth-order valence-corrected chi connectivity index (χ4v) is 4.39. The van der Waals surface area contributed by atoms with Crippen LogP contribution < -0.4 is 11.1 Å². The first kappa shape index (κ1) is 18.7. The molecule has 2 aliphatic rings. The molecule has 1 saturated heterocycles. The van der Waals surface area contributed by atoms with Gasteiger partial charge in [0.2, 0.25) is 0 Å². The summed E-state index contributed by atoms with van der Waals surface area (Å²) in [6.07, 6.45) is 1.95. The quantitative estimate of drug-likeness (QED) is 0.763. The van der Waals surface area contributed by atoms with Gasteiger partial charge in [0.25, 0.3) is 5.91 Å². The van der Waals surface area contributed by atoms with Crippen molar-refractivity contribution >= 4 is 35.0 Å². The predicted octanol–water partition coefficient (Wildman–Crippen LogP) is 3.10. The molecule has 4 rings (SSSR count). The van der Waals surface area contributed by atoms with Gasteiger partial charge < -0.3 is 15.8 Å². The van der Waals surface area contributed by atoms with E-state index in [2.05, 4.69) is 10.4 Å². The Morgan fingerprint density at radius 2 is 2.14 bits per heavy atom. The number of nitrogens with zero attached hydrogens (tertiary/aromatic N) is 2.